The van der Waals surface area contributed by atoms with E-state index in [1.54, 1.807) is 17.0 Å². The summed E-state index contributed by atoms with van der Waals surface area (Å²) in [6.45, 7) is 8.35. The van der Waals surface area contributed by atoms with E-state index in [2.05, 4.69) is 5.32 Å². The van der Waals surface area contributed by atoms with Crippen LogP contribution in [-0.4, -0.2) is 50.0 Å². The highest BCUT2D eigenvalue weighted by atomic mass is 32.2. The van der Waals surface area contributed by atoms with Gasteiger partial charge in [0.25, 0.3) is 0 Å². The van der Waals surface area contributed by atoms with Crippen molar-refractivity contribution in [3.8, 4) is 0 Å². The number of anilines is 1. The molecule has 41 heavy (non-hydrogen) atoms. The predicted molar refractivity (Wildman–Crippen MR) is 166 cm³/mol. The number of hydrogen-bond acceptors (Lipinski definition) is 4. The van der Waals surface area contributed by atoms with Gasteiger partial charge in [-0.2, -0.15) is 0 Å². The van der Waals surface area contributed by atoms with Crippen molar-refractivity contribution in [3.63, 3.8) is 0 Å². The largest absolute Gasteiger partial charge is 0.352 e. The number of rotatable bonds is 14. The summed E-state index contributed by atoms with van der Waals surface area (Å²) in [7, 11) is -3.54. The standard InChI is InChI=1S/C33H43N3O4S/c1-6-27(4)34-33(38)31(23-28-11-8-7-9-12-28)35(24-29-18-14-25(2)15-19-29)32(37)13-10-22-36(41(5,39)40)30-20-16-26(3)17-21-30/h7-9,11-12,14-21,27,31H,6,10,13,22-24H2,1-5H3,(H,34,38)/t27-,31+/m0/s1. The predicted octanol–water partition coefficient (Wildman–Crippen LogP) is 5.40. The van der Waals surface area contributed by atoms with Crippen LogP contribution in [0.4, 0.5) is 5.69 Å². The first kappa shape index (κ1) is 31.9. The molecule has 0 aliphatic carbocycles. The van der Waals surface area contributed by atoms with Gasteiger partial charge < -0.3 is 10.2 Å². The number of hydrogen-bond donors (Lipinski definition) is 1. The Bertz CT molecular complexity index is 1370. The number of nitrogens with zero attached hydrogens (tertiary/aromatic N) is 2. The average Bonchev–Trinajstić information content (AvgIpc) is 2.94. The first-order valence-corrected chi connectivity index (χ1v) is 16.1. The van der Waals surface area contributed by atoms with Crippen LogP contribution in [0.5, 0.6) is 0 Å². The summed E-state index contributed by atoms with van der Waals surface area (Å²) in [5.74, 6) is -0.385. The molecule has 2 amide bonds. The van der Waals surface area contributed by atoms with Gasteiger partial charge in [-0.15, -0.1) is 0 Å². The van der Waals surface area contributed by atoms with Crippen LogP contribution in [0.3, 0.4) is 0 Å². The second-order valence-electron chi connectivity index (χ2n) is 10.8. The first-order chi connectivity index (χ1) is 19.5. The summed E-state index contributed by atoms with van der Waals surface area (Å²) < 4.78 is 26.5. The second-order valence-corrected chi connectivity index (χ2v) is 12.7. The summed E-state index contributed by atoms with van der Waals surface area (Å²) in [5, 5.41) is 3.08. The summed E-state index contributed by atoms with van der Waals surface area (Å²) in [6, 6.07) is 24.2. The van der Waals surface area contributed by atoms with E-state index in [0.717, 1.165) is 28.7 Å². The fourth-order valence-corrected chi connectivity index (χ4v) is 5.57. The van der Waals surface area contributed by atoms with Crippen LogP contribution in [-0.2, 0) is 32.6 Å². The molecule has 220 valence electrons. The third-order valence-electron chi connectivity index (χ3n) is 7.22. The molecule has 7 nitrogen and oxygen atoms in total. The Kier molecular flexibility index (Phi) is 11.5. The third-order valence-corrected chi connectivity index (χ3v) is 8.41. The molecule has 3 aromatic carbocycles. The molecule has 0 aliphatic heterocycles. The molecule has 0 heterocycles. The Hall–Kier alpha value is -3.65. The topological polar surface area (TPSA) is 86.8 Å². The van der Waals surface area contributed by atoms with Gasteiger partial charge in [-0.1, -0.05) is 84.8 Å². The second kappa shape index (κ2) is 14.8. The molecule has 0 unspecified atom stereocenters. The normalized spacial score (nSPS) is 12.8. The number of carbonyl (C=O) groups excluding carboxylic acids is 2. The van der Waals surface area contributed by atoms with Gasteiger partial charge in [-0.05, 0) is 56.9 Å². The molecular weight excluding hydrogens is 534 g/mol. The lowest BCUT2D eigenvalue weighted by atomic mass is 10.0. The molecule has 0 aliphatic rings. The lowest BCUT2D eigenvalue weighted by molar-refractivity contribution is -0.141. The van der Waals surface area contributed by atoms with Crippen LogP contribution in [0.2, 0.25) is 0 Å². The number of aryl methyl sites for hydroxylation is 2. The summed E-state index contributed by atoms with van der Waals surface area (Å²) in [5.41, 5.74) is 4.59. The zero-order chi connectivity index (χ0) is 30.0. The number of carbonyl (C=O) groups is 2. The first-order valence-electron chi connectivity index (χ1n) is 14.2. The number of amides is 2. The Morgan fingerprint density at radius 1 is 0.854 bits per heavy atom. The minimum atomic E-state index is -3.54. The van der Waals surface area contributed by atoms with E-state index >= 15 is 0 Å². The Morgan fingerprint density at radius 2 is 1.44 bits per heavy atom. The van der Waals surface area contributed by atoms with Crippen LogP contribution in [0.15, 0.2) is 78.9 Å². The van der Waals surface area contributed by atoms with Crippen molar-refractivity contribution in [1.29, 1.82) is 0 Å². The molecule has 2 atom stereocenters. The van der Waals surface area contributed by atoms with Crippen LogP contribution in [0.1, 0.15) is 55.4 Å². The molecule has 8 heteroatoms. The maximum Gasteiger partial charge on any atom is 0.243 e. The zero-order valence-electron chi connectivity index (χ0n) is 24.8. The van der Waals surface area contributed by atoms with Gasteiger partial charge in [0, 0.05) is 32.0 Å². The molecule has 0 saturated carbocycles. The van der Waals surface area contributed by atoms with E-state index in [4.69, 9.17) is 0 Å². The van der Waals surface area contributed by atoms with Gasteiger partial charge in [0.15, 0.2) is 0 Å². The van der Waals surface area contributed by atoms with Crippen molar-refractivity contribution >= 4 is 27.5 Å². The molecule has 0 aromatic heterocycles. The van der Waals surface area contributed by atoms with Gasteiger partial charge >= 0.3 is 0 Å². The molecule has 1 N–H and O–H groups in total. The van der Waals surface area contributed by atoms with E-state index in [1.807, 2.05) is 94.4 Å². The van der Waals surface area contributed by atoms with E-state index < -0.39 is 16.1 Å². The number of benzene rings is 3. The zero-order valence-corrected chi connectivity index (χ0v) is 25.7. The molecular formula is C33H43N3O4S. The van der Waals surface area contributed by atoms with Crippen molar-refractivity contribution in [1.82, 2.24) is 10.2 Å². The lowest BCUT2D eigenvalue weighted by Gasteiger charge is -2.32. The van der Waals surface area contributed by atoms with Gasteiger partial charge in [-0.25, -0.2) is 8.42 Å². The van der Waals surface area contributed by atoms with Crippen LogP contribution in [0, 0.1) is 13.8 Å². The average molecular weight is 578 g/mol. The Labute approximate surface area is 245 Å². The van der Waals surface area contributed by atoms with Crippen molar-refractivity contribution in [2.45, 2.75) is 72.0 Å². The molecule has 3 rings (SSSR count). The van der Waals surface area contributed by atoms with E-state index in [0.29, 0.717) is 18.5 Å². The maximum atomic E-state index is 13.9. The lowest BCUT2D eigenvalue weighted by Crippen LogP contribution is -2.52. The van der Waals surface area contributed by atoms with E-state index in [9.17, 15) is 18.0 Å². The highest BCUT2D eigenvalue weighted by molar-refractivity contribution is 7.92. The minimum Gasteiger partial charge on any atom is -0.352 e. The summed E-state index contributed by atoms with van der Waals surface area (Å²) in [4.78, 5) is 29.2. The SMILES string of the molecule is CC[C@H](C)NC(=O)[C@@H](Cc1ccccc1)N(Cc1ccc(C)cc1)C(=O)CCCN(c1ccc(C)cc1)S(C)(=O)=O. The molecule has 0 fully saturated rings. The van der Waals surface area contributed by atoms with Crippen LogP contribution >= 0.6 is 0 Å². The maximum absolute atomic E-state index is 13.9. The molecule has 0 saturated heterocycles. The number of sulfonamides is 1. The molecule has 3 aromatic rings. The smallest absolute Gasteiger partial charge is 0.243 e. The van der Waals surface area contributed by atoms with E-state index in [-0.39, 0.29) is 37.4 Å². The highest BCUT2D eigenvalue weighted by Crippen LogP contribution is 2.21. The minimum absolute atomic E-state index is 0.0325. The fraction of sp³-hybridized carbons (Fsp3) is 0.394. The monoisotopic (exact) mass is 577 g/mol. The Balaban J connectivity index is 1.88. The van der Waals surface area contributed by atoms with Crippen molar-refractivity contribution in [2.24, 2.45) is 0 Å². The Morgan fingerprint density at radius 3 is 2.00 bits per heavy atom. The third kappa shape index (κ3) is 9.74. The quantitative estimate of drug-likeness (QED) is 0.278. The highest BCUT2D eigenvalue weighted by Gasteiger charge is 2.31. The van der Waals surface area contributed by atoms with Crippen molar-refractivity contribution in [2.75, 3.05) is 17.1 Å². The van der Waals surface area contributed by atoms with E-state index in [1.165, 1.54) is 10.6 Å². The van der Waals surface area contributed by atoms with Gasteiger partial charge in [-0.3, -0.25) is 13.9 Å². The molecule has 0 spiro atoms. The van der Waals surface area contributed by atoms with Gasteiger partial charge in [0.1, 0.15) is 6.04 Å². The molecule has 0 bridgehead atoms. The van der Waals surface area contributed by atoms with Gasteiger partial charge in [0.2, 0.25) is 21.8 Å². The number of nitrogens with one attached hydrogen (secondary N) is 1. The summed E-state index contributed by atoms with van der Waals surface area (Å²) >= 11 is 0. The van der Waals surface area contributed by atoms with Crippen LogP contribution in [0.25, 0.3) is 0 Å². The van der Waals surface area contributed by atoms with Crippen LogP contribution < -0.4 is 9.62 Å². The fourth-order valence-electron chi connectivity index (χ4n) is 4.60. The molecule has 0 radical (unpaired) electrons. The van der Waals surface area contributed by atoms with Crippen molar-refractivity contribution < 1.29 is 18.0 Å². The summed E-state index contributed by atoms with van der Waals surface area (Å²) in [6.07, 6.45) is 2.74. The van der Waals surface area contributed by atoms with Gasteiger partial charge in [0.05, 0.1) is 11.9 Å². The van der Waals surface area contributed by atoms with Crippen molar-refractivity contribution in [3.05, 3.63) is 101 Å².